The molecular weight excluding hydrogens is 839 g/mol. The molecule has 0 saturated heterocycles. The molecule has 8 aromatic carbocycles. The third-order valence-corrected chi connectivity index (χ3v) is 12.4. The molecule has 300 valence electrons. The zero-order chi connectivity index (χ0) is 37.1. The van der Waals surface area contributed by atoms with E-state index in [2.05, 4.69) is 166 Å². The van der Waals surface area contributed by atoms with Crippen molar-refractivity contribution in [3.05, 3.63) is 172 Å². The zero-order valence-electron chi connectivity index (χ0n) is 34.7. The minimum absolute atomic E-state index is 0. The second-order valence-electron chi connectivity index (χ2n) is 16.3. The monoisotopic (exact) mass is 894 g/mol. The van der Waals surface area contributed by atoms with E-state index in [4.69, 9.17) is 0 Å². The summed E-state index contributed by atoms with van der Waals surface area (Å²) < 4.78 is 0. The van der Waals surface area contributed by atoms with Crippen molar-refractivity contribution in [2.24, 2.45) is 10.8 Å². The second-order valence-corrected chi connectivity index (χ2v) is 16.3. The predicted molar refractivity (Wildman–Crippen MR) is 259 cm³/mol. The van der Waals surface area contributed by atoms with Crippen LogP contribution in [-0.2, 0) is 36.2 Å². The van der Waals surface area contributed by atoms with E-state index in [9.17, 15) is 0 Å². The minimum atomic E-state index is 0. The molecule has 2 aliphatic rings. The molecule has 0 nitrogen and oxygen atoms in total. The van der Waals surface area contributed by atoms with E-state index in [1.807, 2.05) is 0 Å². The molecule has 0 amide bonds. The quantitative estimate of drug-likeness (QED) is 0.0948. The Labute approximate surface area is 378 Å². The van der Waals surface area contributed by atoms with Crippen molar-refractivity contribution >= 4 is 74.8 Å². The first-order valence-electron chi connectivity index (χ1n) is 20.1. The van der Waals surface area contributed by atoms with Gasteiger partial charge >= 0.3 is 30.2 Å². The molecule has 0 atom stereocenters. The van der Waals surface area contributed by atoms with Gasteiger partial charge in [-0.05, 0) is 94.9 Å². The van der Waals surface area contributed by atoms with E-state index in [1.54, 1.807) is 0 Å². The van der Waals surface area contributed by atoms with Crippen LogP contribution in [-0.4, -0.2) is 6.88 Å². The summed E-state index contributed by atoms with van der Waals surface area (Å²) in [7, 11) is 0. The molecule has 0 aromatic heterocycles. The Hall–Kier alpha value is -3.26. The average Bonchev–Trinajstić information content (AvgIpc) is 4.05. The van der Waals surface area contributed by atoms with E-state index >= 15 is 0 Å². The summed E-state index contributed by atoms with van der Waals surface area (Å²) in [5.74, 6) is 0. The molecule has 0 unspecified atom stereocenters. The summed E-state index contributed by atoms with van der Waals surface area (Å²) in [6, 6.07) is 54.0. The Kier molecular flexibility index (Phi) is 17.0. The maximum atomic E-state index is 3.06. The van der Waals surface area contributed by atoms with Crippen LogP contribution in [0.25, 0.3) is 65.3 Å². The predicted octanol–water partition coefficient (Wildman–Crippen LogP) is 16.4. The van der Waals surface area contributed by atoms with Crippen LogP contribution < -0.4 is 0 Å². The van der Waals surface area contributed by atoms with Crippen molar-refractivity contribution in [2.45, 2.75) is 78.1 Å². The molecule has 2 fully saturated rings. The van der Waals surface area contributed by atoms with Gasteiger partial charge in [0.2, 0.25) is 0 Å². The van der Waals surface area contributed by atoms with Crippen LogP contribution in [0, 0.1) is 25.7 Å². The van der Waals surface area contributed by atoms with Crippen molar-refractivity contribution < 1.29 is 23.3 Å². The first-order chi connectivity index (χ1) is 26.6. The SMILES string of the molecule is CCCC1(Cc2cc3c(-c4cccc5ccccc45)cccc3[cH-]2)CC1.CCCC1(Cc2cc3c(-c4cccc5ccccc45)cccc3[cH-]2)CC1.Cl.Cl.[CH3-].[CH3-].[Si]=[Zr]. The average molecular weight is 897 g/mol. The normalized spacial score (nSPS) is 14.0. The number of halogens is 2. The van der Waals surface area contributed by atoms with E-state index in [0.717, 1.165) is 0 Å². The Morgan fingerprint density at radius 3 is 1.16 bits per heavy atom. The number of hydrogen-bond acceptors (Lipinski definition) is 0. The second kappa shape index (κ2) is 20.8. The third kappa shape index (κ3) is 10.0. The summed E-state index contributed by atoms with van der Waals surface area (Å²) in [6.45, 7) is 7.70. The van der Waals surface area contributed by atoms with Gasteiger partial charge in [-0.3, -0.25) is 0 Å². The molecule has 2 saturated carbocycles. The van der Waals surface area contributed by atoms with Gasteiger partial charge < -0.3 is 14.9 Å². The number of rotatable bonds is 10. The Morgan fingerprint density at radius 1 is 0.466 bits per heavy atom. The number of fused-ring (bicyclic) bond motifs is 4. The zero-order valence-corrected chi connectivity index (χ0v) is 39.8. The van der Waals surface area contributed by atoms with Crippen molar-refractivity contribution in [3.63, 3.8) is 0 Å². The van der Waals surface area contributed by atoms with E-state index in [0.29, 0.717) is 10.8 Å². The Balaban J connectivity index is 0.000000231. The van der Waals surface area contributed by atoms with Gasteiger partial charge in [0, 0.05) is 0 Å². The molecule has 4 heteroatoms. The van der Waals surface area contributed by atoms with Crippen LogP contribution >= 0.6 is 24.8 Å². The third-order valence-electron chi connectivity index (χ3n) is 12.4. The van der Waals surface area contributed by atoms with E-state index in [-0.39, 0.29) is 39.7 Å². The van der Waals surface area contributed by atoms with Crippen LogP contribution in [0.2, 0.25) is 0 Å². The fraction of sp³-hybridized carbons (Fsp3) is 0.259. The van der Waals surface area contributed by atoms with Crippen molar-refractivity contribution in [2.75, 3.05) is 0 Å². The van der Waals surface area contributed by atoms with Gasteiger partial charge in [-0.15, -0.1) is 93.9 Å². The molecule has 2 aliphatic carbocycles. The van der Waals surface area contributed by atoms with Gasteiger partial charge in [0.1, 0.15) is 0 Å². The first-order valence-corrected chi connectivity index (χ1v) is 24.3. The summed E-state index contributed by atoms with van der Waals surface area (Å²) >= 11 is 1.36. The molecule has 0 N–H and O–H groups in total. The topological polar surface area (TPSA) is 0 Å². The molecule has 0 bridgehead atoms. The Morgan fingerprint density at radius 2 is 0.793 bits per heavy atom. The van der Waals surface area contributed by atoms with Crippen LogP contribution in [0.15, 0.2) is 146 Å². The molecule has 0 heterocycles. The van der Waals surface area contributed by atoms with Crippen LogP contribution in [0.4, 0.5) is 0 Å². The van der Waals surface area contributed by atoms with Crippen molar-refractivity contribution in [1.29, 1.82) is 0 Å². The fourth-order valence-corrected chi connectivity index (χ4v) is 9.50. The number of benzene rings is 6. The van der Waals surface area contributed by atoms with Gasteiger partial charge in [0.25, 0.3) is 0 Å². The van der Waals surface area contributed by atoms with Crippen LogP contribution in [0.5, 0.6) is 0 Å². The van der Waals surface area contributed by atoms with Crippen molar-refractivity contribution in [1.82, 2.24) is 0 Å². The molecular formula is C54H58Cl2SiZr-4. The maximum absolute atomic E-state index is 3.06. The van der Waals surface area contributed by atoms with Gasteiger partial charge in [0.15, 0.2) is 0 Å². The fourth-order valence-electron chi connectivity index (χ4n) is 9.50. The van der Waals surface area contributed by atoms with E-state index in [1.165, 1.54) is 164 Å². The molecule has 8 aromatic rings. The molecule has 58 heavy (non-hydrogen) atoms. The Bertz CT molecular complexity index is 2360. The van der Waals surface area contributed by atoms with Crippen molar-refractivity contribution in [3.8, 4) is 22.3 Å². The summed E-state index contributed by atoms with van der Waals surface area (Å²) in [4.78, 5) is 0. The molecule has 2 radical (unpaired) electrons. The van der Waals surface area contributed by atoms with Gasteiger partial charge in [-0.25, -0.2) is 0 Å². The molecule has 0 spiro atoms. The van der Waals surface area contributed by atoms with E-state index < -0.39 is 0 Å². The summed E-state index contributed by atoms with van der Waals surface area (Å²) in [5.41, 5.74) is 9.70. The summed E-state index contributed by atoms with van der Waals surface area (Å²) in [6.07, 6.45) is 13.5. The summed E-state index contributed by atoms with van der Waals surface area (Å²) in [5, 5.41) is 10.9. The number of hydrogen-bond donors (Lipinski definition) is 0. The first kappa shape index (κ1) is 47.4. The van der Waals surface area contributed by atoms with Gasteiger partial charge in [-0.2, -0.15) is 12.1 Å². The molecule has 10 rings (SSSR count). The van der Waals surface area contributed by atoms with Gasteiger partial charge in [-0.1, -0.05) is 135 Å². The van der Waals surface area contributed by atoms with Gasteiger partial charge in [0.05, 0.1) is 0 Å². The van der Waals surface area contributed by atoms with Crippen LogP contribution in [0.1, 0.15) is 76.3 Å². The standard InChI is InChI=1S/2C26H25.2CH3.2ClH.Si.Zr/c2*1-2-13-26(14-15-26)18-19-16-21-9-6-12-24(25(21)17-19)23-11-5-8-20-7-3-4-10-22(20)23;;;;;;/h2*3-12,16-17H,2,13-15,18H2,1H3;2*1H3;2*1H;;/q4*-1;;;;. The molecule has 0 aliphatic heterocycles. The van der Waals surface area contributed by atoms with Crippen LogP contribution in [0.3, 0.4) is 0 Å².